The molecule has 1 nitrogen and oxygen atoms in total. The van der Waals surface area contributed by atoms with E-state index in [0.717, 1.165) is 11.4 Å². The van der Waals surface area contributed by atoms with Crippen molar-refractivity contribution in [2.45, 2.75) is 38.0 Å². The van der Waals surface area contributed by atoms with Gasteiger partial charge in [0.15, 0.2) is 0 Å². The summed E-state index contributed by atoms with van der Waals surface area (Å²) in [6, 6.07) is 66.9. The Kier molecular flexibility index (Phi) is 8.39. The SMILES string of the molecule is c1ccc(-c2ccc(N(c3cccc(-c4cccc5ccccc45)c3)c3ccccc3-c3cccc4cccc(C5CCCCC5)c34)cc2)cc1. The van der Waals surface area contributed by atoms with Gasteiger partial charge in [0.05, 0.1) is 5.69 Å². The lowest BCUT2D eigenvalue weighted by Gasteiger charge is -2.29. The lowest BCUT2D eigenvalue weighted by molar-refractivity contribution is 0.445. The summed E-state index contributed by atoms with van der Waals surface area (Å²) in [5.74, 6) is 0.606. The Morgan fingerprint density at radius 1 is 0.392 bits per heavy atom. The third-order valence-corrected chi connectivity index (χ3v) is 10.9. The Morgan fingerprint density at radius 3 is 1.84 bits per heavy atom. The molecule has 246 valence electrons. The minimum Gasteiger partial charge on any atom is -0.310 e. The first-order chi connectivity index (χ1) is 25.3. The molecule has 1 saturated carbocycles. The molecule has 0 bridgehead atoms. The molecule has 0 heterocycles. The second-order valence-corrected chi connectivity index (χ2v) is 13.9. The van der Waals surface area contributed by atoms with Gasteiger partial charge in [0.25, 0.3) is 0 Å². The molecule has 0 aromatic heterocycles. The van der Waals surface area contributed by atoms with Crippen molar-refractivity contribution in [2.24, 2.45) is 0 Å². The fourth-order valence-electron chi connectivity index (χ4n) is 8.40. The number of para-hydroxylation sites is 1. The molecule has 0 atom stereocenters. The predicted octanol–water partition coefficient (Wildman–Crippen LogP) is 14.5. The van der Waals surface area contributed by atoms with Crippen LogP contribution in [0.4, 0.5) is 17.1 Å². The highest BCUT2D eigenvalue weighted by Crippen LogP contribution is 2.46. The summed E-state index contributed by atoms with van der Waals surface area (Å²) < 4.78 is 0. The number of hydrogen-bond acceptors (Lipinski definition) is 1. The van der Waals surface area contributed by atoms with Crippen molar-refractivity contribution in [3.63, 3.8) is 0 Å². The van der Waals surface area contributed by atoms with Gasteiger partial charge >= 0.3 is 0 Å². The van der Waals surface area contributed by atoms with Gasteiger partial charge in [-0.15, -0.1) is 0 Å². The van der Waals surface area contributed by atoms with E-state index < -0.39 is 0 Å². The highest BCUT2D eigenvalue weighted by Gasteiger charge is 2.23. The molecular weight excluding hydrogens is 615 g/mol. The standard InChI is InChI=1S/C50H41N/c1-3-15-36(16-4-1)37-31-33-42(34-32-37)51(43-24-11-23-41(35-43)45-27-12-20-38-19-7-8-25-44(38)45)49-30-10-9-26-47(49)48-29-14-22-40-21-13-28-46(50(40)48)39-17-5-2-6-18-39/h1,3-4,7-16,19-35,39H,2,5-6,17-18H2. The minimum atomic E-state index is 0.606. The first kappa shape index (κ1) is 31.1. The van der Waals surface area contributed by atoms with Crippen molar-refractivity contribution in [1.29, 1.82) is 0 Å². The topological polar surface area (TPSA) is 3.24 Å². The molecule has 1 fully saturated rings. The second kappa shape index (κ2) is 13.8. The number of fused-ring (bicyclic) bond motifs is 2. The maximum atomic E-state index is 2.46. The zero-order chi connectivity index (χ0) is 34.0. The molecule has 1 aliphatic rings. The summed E-state index contributed by atoms with van der Waals surface area (Å²) >= 11 is 0. The molecule has 0 amide bonds. The van der Waals surface area contributed by atoms with Gasteiger partial charge < -0.3 is 4.90 Å². The smallest absolute Gasteiger partial charge is 0.0540 e. The molecule has 51 heavy (non-hydrogen) atoms. The fraction of sp³-hybridized carbons (Fsp3) is 0.120. The van der Waals surface area contributed by atoms with Gasteiger partial charge in [-0.1, -0.05) is 171 Å². The highest BCUT2D eigenvalue weighted by atomic mass is 15.1. The van der Waals surface area contributed by atoms with Crippen LogP contribution in [0.2, 0.25) is 0 Å². The third-order valence-electron chi connectivity index (χ3n) is 10.9. The third kappa shape index (κ3) is 6.00. The molecule has 0 radical (unpaired) electrons. The first-order valence-electron chi connectivity index (χ1n) is 18.5. The Labute approximate surface area is 301 Å². The van der Waals surface area contributed by atoms with Crippen molar-refractivity contribution in [3.05, 3.63) is 188 Å². The monoisotopic (exact) mass is 655 g/mol. The maximum Gasteiger partial charge on any atom is 0.0540 e. The van der Waals surface area contributed by atoms with Crippen LogP contribution in [0.3, 0.4) is 0 Å². The van der Waals surface area contributed by atoms with Crippen LogP contribution < -0.4 is 4.90 Å². The molecule has 9 rings (SSSR count). The lowest BCUT2D eigenvalue weighted by Crippen LogP contribution is -2.11. The van der Waals surface area contributed by atoms with E-state index >= 15 is 0 Å². The van der Waals surface area contributed by atoms with E-state index in [1.165, 1.54) is 98.3 Å². The maximum absolute atomic E-state index is 2.46. The number of nitrogens with zero attached hydrogens (tertiary/aromatic N) is 1. The van der Waals surface area contributed by atoms with E-state index in [4.69, 9.17) is 0 Å². The molecule has 0 aliphatic heterocycles. The van der Waals surface area contributed by atoms with Crippen LogP contribution in [0.1, 0.15) is 43.6 Å². The van der Waals surface area contributed by atoms with Gasteiger partial charge in [0.1, 0.15) is 0 Å². The Hall–Kier alpha value is -5.92. The molecule has 0 N–H and O–H groups in total. The first-order valence-corrected chi connectivity index (χ1v) is 18.5. The van der Waals surface area contributed by atoms with E-state index in [-0.39, 0.29) is 0 Å². The zero-order valence-corrected chi connectivity index (χ0v) is 28.9. The molecule has 1 aliphatic carbocycles. The average Bonchev–Trinajstić information content (AvgIpc) is 3.21. The highest BCUT2D eigenvalue weighted by molar-refractivity contribution is 6.04. The van der Waals surface area contributed by atoms with Gasteiger partial charge in [0, 0.05) is 16.9 Å². The molecule has 8 aromatic carbocycles. The van der Waals surface area contributed by atoms with Gasteiger partial charge in [-0.25, -0.2) is 0 Å². The summed E-state index contributed by atoms with van der Waals surface area (Å²) in [4.78, 5) is 2.46. The Bertz CT molecular complexity index is 2440. The van der Waals surface area contributed by atoms with Crippen molar-refractivity contribution >= 4 is 38.6 Å². The van der Waals surface area contributed by atoms with Crippen LogP contribution in [-0.2, 0) is 0 Å². The van der Waals surface area contributed by atoms with E-state index in [1.54, 1.807) is 0 Å². The van der Waals surface area contributed by atoms with Crippen LogP contribution in [0, 0.1) is 0 Å². The minimum absolute atomic E-state index is 0.606. The number of anilines is 3. The lowest BCUT2D eigenvalue weighted by atomic mass is 9.80. The Morgan fingerprint density at radius 2 is 1.00 bits per heavy atom. The van der Waals surface area contributed by atoms with Crippen LogP contribution in [0.15, 0.2) is 182 Å². The number of rotatable bonds is 7. The second-order valence-electron chi connectivity index (χ2n) is 13.9. The zero-order valence-electron chi connectivity index (χ0n) is 28.9. The molecular formula is C50H41N. The fourth-order valence-corrected chi connectivity index (χ4v) is 8.40. The summed E-state index contributed by atoms with van der Waals surface area (Å²) in [6.45, 7) is 0. The largest absolute Gasteiger partial charge is 0.310 e. The Balaban J connectivity index is 1.24. The quantitative estimate of drug-likeness (QED) is 0.165. The summed E-state index contributed by atoms with van der Waals surface area (Å²) in [6.07, 6.45) is 6.54. The van der Waals surface area contributed by atoms with Crippen molar-refractivity contribution in [3.8, 4) is 33.4 Å². The summed E-state index contributed by atoms with van der Waals surface area (Å²) in [5, 5.41) is 5.25. The van der Waals surface area contributed by atoms with Crippen molar-refractivity contribution in [2.75, 3.05) is 4.90 Å². The summed E-state index contributed by atoms with van der Waals surface area (Å²) in [7, 11) is 0. The molecule has 0 unspecified atom stereocenters. The van der Waals surface area contributed by atoms with Crippen LogP contribution in [-0.4, -0.2) is 0 Å². The van der Waals surface area contributed by atoms with Crippen LogP contribution >= 0.6 is 0 Å². The predicted molar refractivity (Wildman–Crippen MR) is 218 cm³/mol. The van der Waals surface area contributed by atoms with Gasteiger partial charge in [-0.3, -0.25) is 0 Å². The van der Waals surface area contributed by atoms with Gasteiger partial charge in [-0.05, 0) is 104 Å². The van der Waals surface area contributed by atoms with Gasteiger partial charge in [0.2, 0.25) is 0 Å². The number of hydrogen-bond donors (Lipinski definition) is 0. The van der Waals surface area contributed by atoms with E-state index in [9.17, 15) is 0 Å². The van der Waals surface area contributed by atoms with E-state index in [1.807, 2.05) is 0 Å². The molecule has 0 saturated heterocycles. The van der Waals surface area contributed by atoms with Crippen LogP contribution in [0.25, 0.3) is 54.9 Å². The molecule has 8 aromatic rings. The average molecular weight is 656 g/mol. The number of benzene rings is 8. The van der Waals surface area contributed by atoms with Gasteiger partial charge in [-0.2, -0.15) is 0 Å². The molecule has 1 heteroatoms. The van der Waals surface area contributed by atoms with E-state index in [0.29, 0.717) is 5.92 Å². The van der Waals surface area contributed by atoms with Crippen molar-refractivity contribution < 1.29 is 0 Å². The van der Waals surface area contributed by atoms with E-state index in [2.05, 4.69) is 187 Å². The van der Waals surface area contributed by atoms with Crippen molar-refractivity contribution in [1.82, 2.24) is 0 Å². The summed E-state index contributed by atoms with van der Waals surface area (Å²) in [5.41, 5.74) is 12.4. The van der Waals surface area contributed by atoms with Crippen LogP contribution in [0.5, 0.6) is 0 Å². The molecule has 0 spiro atoms. The normalized spacial score (nSPS) is 13.4.